The molecule has 0 aromatic heterocycles. The molecule has 1 aromatic rings. The number of piperidine rings is 1. The molecule has 1 saturated heterocycles. The molecule has 1 aromatic carbocycles. The fourth-order valence-corrected chi connectivity index (χ4v) is 2.81. The first-order chi connectivity index (χ1) is 8.35. The van der Waals surface area contributed by atoms with E-state index in [1.54, 1.807) is 7.11 Å². The zero-order valence-corrected chi connectivity index (χ0v) is 11.1. The highest BCUT2D eigenvalue weighted by atomic mass is 35.5. The first-order valence-electron chi connectivity index (χ1n) is 6.23. The number of methoxy groups -OCH3 is 1. The second-order valence-corrected chi connectivity index (χ2v) is 4.94. The maximum atomic E-state index is 6.00. The highest BCUT2D eigenvalue weighted by Gasteiger charge is 2.21. The van der Waals surface area contributed by atoms with Crippen molar-refractivity contribution in [3.8, 4) is 0 Å². The summed E-state index contributed by atoms with van der Waals surface area (Å²) in [5.74, 6) is 1.24. The van der Waals surface area contributed by atoms with Gasteiger partial charge in [-0.25, -0.2) is 0 Å². The number of hydrogen-bond acceptors (Lipinski definition) is 2. The Morgan fingerprint density at radius 2 is 2.24 bits per heavy atom. The average Bonchev–Trinajstić information content (AvgIpc) is 2.39. The van der Waals surface area contributed by atoms with E-state index in [1.165, 1.54) is 24.1 Å². The van der Waals surface area contributed by atoms with E-state index >= 15 is 0 Å². The lowest BCUT2D eigenvalue weighted by atomic mass is 9.98. The normalized spacial score (nSPS) is 20.6. The van der Waals surface area contributed by atoms with E-state index < -0.39 is 0 Å². The van der Waals surface area contributed by atoms with Gasteiger partial charge in [-0.3, -0.25) is 0 Å². The molecule has 94 valence electrons. The number of anilines is 1. The van der Waals surface area contributed by atoms with E-state index in [-0.39, 0.29) is 0 Å². The van der Waals surface area contributed by atoms with Crippen LogP contribution in [0.2, 0.25) is 0 Å². The molecule has 1 aliphatic rings. The Morgan fingerprint density at radius 3 is 3.00 bits per heavy atom. The minimum atomic E-state index is 0.585. The maximum absolute atomic E-state index is 6.00. The molecule has 0 saturated carbocycles. The summed E-state index contributed by atoms with van der Waals surface area (Å²) in [6, 6.07) is 8.43. The fourth-order valence-electron chi connectivity index (χ4n) is 2.59. The molecule has 2 nitrogen and oxygen atoms in total. The molecule has 1 unspecified atom stereocenters. The van der Waals surface area contributed by atoms with Crippen LogP contribution in [0.15, 0.2) is 24.3 Å². The Kier molecular flexibility index (Phi) is 4.69. The Hall–Kier alpha value is -0.730. The number of halogens is 1. The number of ether oxygens (including phenoxy) is 1. The molecule has 2 rings (SSSR count). The molecule has 0 amide bonds. The summed E-state index contributed by atoms with van der Waals surface area (Å²) in [6.07, 6.45) is 2.51. The van der Waals surface area contributed by atoms with E-state index in [0.29, 0.717) is 11.8 Å². The van der Waals surface area contributed by atoms with Gasteiger partial charge in [0.2, 0.25) is 0 Å². The van der Waals surface area contributed by atoms with Gasteiger partial charge < -0.3 is 9.64 Å². The van der Waals surface area contributed by atoms with Gasteiger partial charge in [0.15, 0.2) is 0 Å². The van der Waals surface area contributed by atoms with Crippen molar-refractivity contribution in [1.29, 1.82) is 0 Å². The molecular formula is C14H20ClNO. The summed E-state index contributed by atoms with van der Waals surface area (Å²) < 4.78 is 5.27. The summed E-state index contributed by atoms with van der Waals surface area (Å²) >= 11 is 6.00. The van der Waals surface area contributed by atoms with Crippen molar-refractivity contribution in [2.45, 2.75) is 18.7 Å². The minimum absolute atomic E-state index is 0.585. The molecule has 0 radical (unpaired) electrons. The van der Waals surface area contributed by atoms with Crippen LogP contribution in [0.3, 0.4) is 0 Å². The fraction of sp³-hybridized carbons (Fsp3) is 0.571. The monoisotopic (exact) mass is 253 g/mol. The van der Waals surface area contributed by atoms with Crippen LogP contribution in [0, 0.1) is 5.92 Å². The van der Waals surface area contributed by atoms with E-state index in [4.69, 9.17) is 16.3 Å². The zero-order valence-electron chi connectivity index (χ0n) is 10.4. The van der Waals surface area contributed by atoms with Crippen LogP contribution in [0.1, 0.15) is 18.4 Å². The molecule has 1 atom stereocenters. The van der Waals surface area contributed by atoms with Gasteiger partial charge in [0, 0.05) is 31.8 Å². The van der Waals surface area contributed by atoms with Crippen LogP contribution in [0.5, 0.6) is 0 Å². The third-order valence-electron chi connectivity index (χ3n) is 3.40. The summed E-state index contributed by atoms with van der Waals surface area (Å²) in [5, 5.41) is 0. The Labute approximate surface area is 109 Å². The van der Waals surface area contributed by atoms with Gasteiger partial charge in [0.25, 0.3) is 0 Å². The third-order valence-corrected chi connectivity index (χ3v) is 3.69. The lowest BCUT2D eigenvalue weighted by Crippen LogP contribution is -2.37. The Bertz CT molecular complexity index is 354. The highest BCUT2D eigenvalue weighted by molar-refractivity contribution is 6.17. The van der Waals surface area contributed by atoms with Crippen molar-refractivity contribution >= 4 is 17.3 Å². The van der Waals surface area contributed by atoms with Gasteiger partial charge in [-0.15, -0.1) is 11.6 Å². The SMILES string of the molecule is COCC1CCCN(c2ccccc2CCl)C1. The largest absolute Gasteiger partial charge is 0.384 e. The summed E-state index contributed by atoms with van der Waals surface area (Å²) in [4.78, 5) is 2.45. The number of para-hydroxylation sites is 1. The lowest BCUT2D eigenvalue weighted by molar-refractivity contribution is 0.143. The Balaban J connectivity index is 2.10. The lowest BCUT2D eigenvalue weighted by Gasteiger charge is -2.35. The van der Waals surface area contributed by atoms with Crippen molar-refractivity contribution < 1.29 is 4.74 Å². The standard InChI is InChI=1S/C14H20ClNO/c1-17-11-12-5-4-8-16(10-12)14-7-3-2-6-13(14)9-15/h2-3,6-7,12H,4-5,8-11H2,1H3. The van der Waals surface area contributed by atoms with E-state index in [9.17, 15) is 0 Å². The Morgan fingerprint density at radius 1 is 1.41 bits per heavy atom. The van der Waals surface area contributed by atoms with Gasteiger partial charge in [-0.2, -0.15) is 0 Å². The number of rotatable bonds is 4. The molecule has 17 heavy (non-hydrogen) atoms. The molecule has 1 fully saturated rings. The number of benzene rings is 1. The molecule has 0 aliphatic carbocycles. The predicted octanol–water partition coefficient (Wildman–Crippen LogP) is 3.29. The first-order valence-corrected chi connectivity index (χ1v) is 6.76. The number of nitrogens with zero attached hydrogens (tertiary/aromatic N) is 1. The van der Waals surface area contributed by atoms with Gasteiger partial charge in [0.1, 0.15) is 0 Å². The minimum Gasteiger partial charge on any atom is -0.384 e. The number of alkyl halides is 1. The topological polar surface area (TPSA) is 12.5 Å². The molecule has 0 spiro atoms. The van der Waals surface area contributed by atoms with Crippen molar-refractivity contribution in [1.82, 2.24) is 0 Å². The maximum Gasteiger partial charge on any atom is 0.0507 e. The molecule has 0 bridgehead atoms. The summed E-state index contributed by atoms with van der Waals surface area (Å²) in [7, 11) is 1.78. The van der Waals surface area contributed by atoms with Crippen LogP contribution >= 0.6 is 11.6 Å². The van der Waals surface area contributed by atoms with Gasteiger partial charge in [-0.1, -0.05) is 18.2 Å². The van der Waals surface area contributed by atoms with Crippen molar-refractivity contribution in [2.75, 3.05) is 31.7 Å². The highest BCUT2D eigenvalue weighted by Crippen LogP contribution is 2.27. The summed E-state index contributed by atoms with van der Waals surface area (Å²) in [6.45, 7) is 3.08. The van der Waals surface area contributed by atoms with Gasteiger partial charge in [0.05, 0.1) is 6.61 Å². The van der Waals surface area contributed by atoms with Gasteiger partial charge >= 0.3 is 0 Å². The quantitative estimate of drug-likeness (QED) is 0.764. The van der Waals surface area contributed by atoms with E-state index in [2.05, 4.69) is 29.2 Å². The predicted molar refractivity (Wildman–Crippen MR) is 72.8 cm³/mol. The second kappa shape index (κ2) is 6.27. The van der Waals surface area contributed by atoms with Gasteiger partial charge in [-0.05, 0) is 30.4 Å². The van der Waals surface area contributed by atoms with Crippen molar-refractivity contribution in [3.05, 3.63) is 29.8 Å². The number of hydrogen-bond donors (Lipinski definition) is 0. The zero-order chi connectivity index (χ0) is 12.1. The van der Waals surface area contributed by atoms with E-state index in [0.717, 1.165) is 19.7 Å². The van der Waals surface area contributed by atoms with Crippen molar-refractivity contribution in [3.63, 3.8) is 0 Å². The van der Waals surface area contributed by atoms with Crippen molar-refractivity contribution in [2.24, 2.45) is 5.92 Å². The average molecular weight is 254 g/mol. The molecule has 1 aliphatic heterocycles. The smallest absolute Gasteiger partial charge is 0.0507 e. The first kappa shape index (κ1) is 12.7. The summed E-state index contributed by atoms with van der Waals surface area (Å²) in [5.41, 5.74) is 2.52. The second-order valence-electron chi connectivity index (χ2n) is 4.67. The molecule has 1 heterocycles. The molecule has 0 N–H and O–H groups in total. The van der Waals surface area contributed by atoms with E-state index in [1.807, 2.05) is 0 Å². The third kappa shape index (κ3) is 3.14. The molecular weight excluding hydrogens is 234 g/mol. The van der Waals surface area contributed by atoms with Crippen LogP contribution in [0.25, 0.3) is 0 Å². The molecule has 3 heteroatoms. The van der Waals surface area contributed by atoms with Crippen LogP contribution < -0.4 is 4.90 Å². The van der Waals surface area contributed by atoms with Crippen LogP contribution in [0.4, 0.5) is 5.69 Å². The van der Waals surface area contributed by atoms with Crippen LogP contribution in [-0.4, -0.2) is 26.8 Å². The van der Waals surface area contributed by atoms with Crippen LogP contribution in [-0.2, 0) is 10.6 Å².